The number of aliphatic hydroxyl groups is 1. The standard InChI is InChI=1S/C26H32FN3O4/c1-32-23-9-18(10-24(33-2)25(23)34-3)13-28-14-20-11-19-6-7-21(27)12-22(19)29-26(20)30-8-4-5-17(15-30)16-31/h6-7,9-12,17,28,31H,4-5,8,13-16H2,1-3H3. The van der Waals surface area contributed by atoms with Crippen molar-refractivity contribution in [3.05, 3.63) is 53.3 Å². The molecule has 4 rings (SSSR count). The summed E-state index contributed by atoms with van der Waals surface area (Å²) < 4.78 is 30.2. The summed E-state index contributed by atoms with van der Waals surface area (Å²) in [6.07, 6.45) is 2.00. The van der Waals surface area contributed by atoms with E-state index in [2.05, 4.69) is 16.3 Å². The van der Waals surface area contributed by atoms with Crippen LogP contribution in [0.25, 0.3) is 10.9 Å². The summed E-state index contributed by atoms with van der Waals surface area (Å²) in [6.45, 7) is 2.92. The fourth-order valence-electron chi connectivity index (χ4n) is 4.56. The lowest BCUT2D eigenvalue weighted by Gasteiger charge is -2.34. The van der Waals surface area contributed by atoms with Crippen molar-refractivity contribution in [2.45, 2.75) is 25.9 Å². The monoisotopic (exact) mass is 469 g/mol. The van der Waals surface area contributed by atoms with Crippen LogP contribution in [0.3, 0.4) is 0 Å². The molecule has 2 N–H and O–H groups in total. The summed E-state index contributed by atoms with van der Waals surface area (Å²) in [5, 5.41) is 14.1. The minimum Gasteiger partial charge on any atom is -0.493 e. The Balaban J connectivity index is 1.59. The molecule has 1 saturated heterocycles. The van der Waals surface area contributed by atoms with E-state index < -0.39 is 0 Å². The Kier molecular flexibility index (Phi) is 7.70. The van der Waals surface area contributed by atoms with Gasteiger partial charge in [0.1, 0.15) is 11.6 Å². The second-order valence-electron chi connectivity index (χ2n) is 8.58. The molecule has 0 saturated carbocycles. The molecule has 1 aliphatic rings. The van der Waals surface area contributed by atoms with E-state index in [0.29, 0.717) is 35.9 Å². The topological polar surface area (TPSA) is 76.1 Å². The lowest BCUT2D eigenvalue weighted by molar-refractivity contribution is 0.208. The third-order valence-corrected chi connectivity index (χ3v) is 6.28. The van der Waals surface area contributed by atoms with E-state index in [1.165, 1.54) is 12.1 Å². The smallest absolute Gasteiger partial charge is 0.203 e. The number of hydrogen-bond acceptors (Lipinski definition) is 7. The highest BCUT2D eigenvalue weighted by molar-refractivity contribution is 5.82. The van der Waals surface area contributed by atoms with E-state index in [9.17, 15) is 9.50 Å². The SMILES string of the molecule is COc1cc(CNCc2cc3ccc(F)cc3nc2N2CCCC(CO)C2)cc(OC)c1OC. The summed E-state index contributed by atoms with van der Waals surface area (Å²) >= 11 is 0. The number of halogens is 1. The second kappa shape index (κ2) is 10.9. The van der Waals surface area contributed by atoms with Crippen molar-refractivity contribution in [3.63, 3.8) is 0 Å². The first-order valence-corrected chi connectivity index (χ1v) is 11.5. The van der Waals surface area contributed by atoms with E-state index in [4.69, 9.17) is 19.2 Å². The van der Waals surface area contributed by atoms with Crippen molar-refractivity contribution in [1.82, 2.24) is 10.3 Å². The first-order chi connectivity index (χ1) is 16.6. The average Bonchev–Trinajstić information content (AvgIpc) is 2.87. The molecule has 0 spiro atoms. The van der Waals surface area contributed by atoms with Gasteiger partial charge in [-0.2, -0.15) is 0 Å². The molecule has 0 bridgehead atoms. The van der Waals surface area contributed by atoms with Crippen LogP contribution in [0.15, 0.2) is 36.4 Å². The number of ether oxygens (including phenoxy) is 3. The van der Waals surface area contributed by atoms with Gasteiger partial charge in [0.15, 0.2) is 11.5 Å². The summed E-state index contributed by atoms with van der Waals surface area (Å²) in [5.74, 6) is 2.54. The first kappa shape index (κ1) is 24.0. The van der Waals surface area contributed by atoms with E-state index in [1.54, 1.807) is 27.4 Å². The average molecular weight is 470 g/mol. The number of pyridine rings is 1. The van der Waals surface area contributed by atoms with E-state index in [1.807, 2.05) is 12.1 Å². The molecule has 1 unspecified atom stereocenters. The Hall–Kier alpha value is -3.10. The number of anilines is 1. The van der Waals surface area contributed by atoms with Gasteiger partial charge in [0.05, 0.1) is 26.8 Å². The molecule has 1 atom stereocenters. The van der Waals surface area contributed by atoms with Crippen LogP contribution in [0.1, 0.15) is 24.0 Å². The van der Waals surface area contributed by atoms with Crippen LogP contribution < -0.4 is 24.4 Å². The van der Waals surface area contributed by atoms with Crippen molar-refractivity contribution >= 4 is 16.7 Å². The van der Waals surface area contributed by atoms with Gasteiger partial charge in [-0.1, -0.05) is 0 Å². The fourth-order valence-corrected chi connectivity index (χ4v) is 4.56. The van der Waals surface area contributed by atoms with E-state index in [0.717, 1.165) is 48.3 Å². The molecule has 0 amide bonds. The summed E-state index contributed by atoms with van der Waals surface area (Å²) in [7, 11) is 4.78. The van der Waals surface area contributed by atoms with Crippen molar-refractivity contribution in [3.8, 4) is 17.2 Å². The molecular weight excluding hydrogens is 437 g/mol. The molecule has 1 fully saturated rings. The summed E-state index contributed by atoms with van der Waals surface area (Å²) in [4.78, 5) is 7.05. The first-order valence-electron chi connectivity index (χ1n) is 11.5. The highest BCUT2D eigenvalue weighted by Gasteiger charge is 2.23. The lowest BCUT2D eigenvalue weighted by atomic mass is 9.98. The van der Waals surface area contributed by atoms with Crippen LogP contribution in [0.2, 0.25) is 0 Å². The van der Waals surface area contributed by atoms with Gasteiger partial charge in [-0.05, 0) is 54.7 Å². The van der Waals surface area contributed by atoms with Crippen LogP contribution >= 0.6 is 0 Å². The minimum absolute atomic E-state index is 0.160. The molecule has 0 aliphatic carbocycles. The number of aliphatic hydroxyl groups excluding tert-OH is 1. The largest absolute Gasteiger partial charge is 0.493 e. The Morgan fingerprint density at radius 2 is 1.82 bits per heavy atom. The lowest BCUT2D eigenvalue weighted by Crippen LogP contribution is -2.38. The molecule has 7 nitrogen and oxygen atoms in total. The van der Waals surface area contributed by atoms with Crippen molar-refractivity contribution in [2.75, 3.05) is 45.9 Å². The van der Waals surface area contributed by atoms with E-state index in [-0.39, 0.29) is 18.3 Å². The zero-order chi connectivity index (χ0) is 24.1. The van der Waals surface area contributed by atoms with Gasteiger partial charge >= 0.3 is 0 Å². The number of methoxy groups -OCH3 is 3. The normalized spacial score (nSPS) is 16.0. The predicted molar refractivity (Wildman–Crippen MR) is 130 cm³/mol. The van der Waals surface area contributed by atoms with Crippen LogP contribution in [0.4, 0.5) is 10.2 Å². The van der Waals surface area contributed by atoms with Gasteiger partial charge in [-0.3, -0.25) is 0 Å². The van der Waals surface area contributed by atoms with Crippen LogP contribution in [-0.2, 0) is 13.1 Å². The third kappa shape index (κ3) is 5.18. The molecule has 1 aromatic heterocycles. The maximum atomic E-state index is 13.9. The molecule has 8 heteroatoms. The number of hydrogen-bond donors (Lipinski definition) is 2. The van der Waals surface area contributed by atoms with Gasteiger partial charge in [0.25, 0.3) is 0 Å². The van der Waals surface area contributed by atoms with Crippen molar-refractivity contribution < 1.29 is 23.7 Å². The van der Waals surface area contributed by atoms with Crippen LogP contribution in [-0.4, -0.2) is 51.1 Å². The van der Waals surface area contributed by atoms with E-state index >= 15 is 0 Å². The molecule has 182 valence electrons. The molecule has 1 aliphatic heterocycles. The van der Waals surface area contributed by atoms with Gasteiger partial charge in [-0.15, -0.1) is 0 Å². The highest BCUT2D eigenvalue weighted by atomic mass is 19.1. The zero-order valence-corrected chi connectivity index (χ0v) is 19.9. The second-order valence-corrected chi connectivity index (χ2v) is 8.58. The van der Waals surface area contributed by atoms with Crippen molar-refractivity contribution in [1.29, 1.82) is 0 Å². The number of aromatic nitrogens is 1. The van der Waals surface area contributed by atoms with Crippen molar-refractivity contribution in [2.24, 2.45) is 5.92 Å². The molecule has 2 aromatic carbocycles. The Labute approximate surface area is 199 Å². The number of nitrogens with one attached hydrogen (secondary N) is 1. The number of nitrogens with zero attached hydrogens (tertiary/aromatic N) is 2. The minimum atomic E-state index is -0.300. The van der Waals surface area contributed by atoms with Gasteiger partial charge < -0.3 is 29.5 Å². The zero-order valence-electron chi connectivity index (χ0n) is 19.9. The molecule has 3 aromatic rings. The van der Waals surface area contributed by atoms with Crippen LogP contribution in [0.5, 0.6) is 17.2 Å². The predicted octanol–water partition coefficient (Wildman–Crippen LogP) is 3.90. The number of rotatable bonds is 9. The Morgan fingerprint density at radius 3 is 2.50 bits per heavy atom. The third-order valence-electron chi connectivity index (χ3n) is 6.28. The fraction of sp³-hybridized carbons (Fsp3) is 0.423. The Bertz CT molecular complexity index is 1120. The number of benzene rings is 2. The maximum Gasteiger partial charge on any atom is 0.203 e. The number of piperidine rings is 1. The van der Waals surface area contributed by atoms with Gasteiger partial charge in [-0.25, -0.2) is 9.37 Å². The van der Waals surface area contributed by atoms with Crippen LogP contribution in [0, 0.1) is 11.7 Å². The Morgan fingerprint density at radius 1 is 1.06 bits per heavy atom. The highest BCUT2D eigenvalue weighted by Crippen LogP contribution is 2.38. The van der Waals surface area contributed by atoms with Gasteiger partial charge in [0.2, 0.25) is 5.75 Å². The summed E-state index contributed by atoms with van der Waals surface area (Å²) in [5.41, 5.74) is 2.66. The molecular formula is C26H32FN3O4. The molecule has 2 heterocycles. The number of fused-ring (bicyclic) bond motifs is 1. The maximum absolute atomic E-state index is 13.9. The molecule has 0 radical (unpaired) electrons. The molecule has 34 heavy (non-hydrogen) atoms. The van der Waals surface area contributed by atoms with Gasteiger partial charge in [0, 0.05) is 49.8 Å². The quantitative estimate of drug-likeness (QED) is 0.492. The summed E-state index contributed by atoms with van der Waals surface area (Å²) in [6, 6.07) is 10.6.